The number of carbonyl (C=O) groups is 1. The van der Waals surface area contributed by atoms with Crippen LogP contribution in [0.25, 0.3) is 0 Å². The molecule has 0 aliphatic rings. The molecule has 10 heteroatoms. The molecule has 0 saturated carbocycles. The van der Waals surface area contributed by atoms with Gasteiger partial charge in [-0.3, -0.25) is 4.79 Å². The van der Waals surface area contributed by atoms with E-state index in [0.29, 0.717) is 6.07 Å². The van der Waals surface area contributed by atoms with Gasteiger partial charge in [0.1, 0.15) is 5.56 Å². The molecule has 0 atom stereocenters. The third-order valence-corrected chi connectivity index (χ3v) is 1.55. The number of halogens is 3. The summed E-state index contributed by atoms with van der Waals surface area (Å²) in [5.41, 5.74) is -1.89. The molecule has 0 spiro atoms. The van der Waals surface area contributed by atoms with Gasteiger partial charge in [0.15, 0.2) is 6.29 Å². The Hall–Kier alpha value is -2.39. The van der Waals surface area contributed by atoms with Crippen molar-refractivity contribution in [3.05, 3.63) is 32.1 Å². The zero-order chi connectivity index (χ0) is 13.2. The lowest BCUT2D eigenvalue weighted by Gasteiger charge is -2.09. The molecule has 1 N–H and O–H groups in total. The Morgan fingerprint density at radius 1 is 1.47 bits per heavy atom. The number of nitrogens with one attached hydrogen (secondary N) is 1. The van der Waals surface area contributed by atoms with E-state index in [-0.39, 0.29) is 6.29 Å². The minimum atomic E-state index is -5.18. The molecular weight excluding hydrogens is 249 g/mol. The second-order valence-corrected chi connectivity index (χ2v) is 2.69. The van der Waals surface area contributed by atoms with E-state index in [2.05, 4.69) is 4.74 Å². The number of aldehydes is 1. The fraction of sp³-hybridized carbons (Fsp3) is 0.143. The number of carbonyl (C=O) groups excluding carboxylic acids is 1. The molecule has 92 valence electrons. The summed E-state index contributed by atoms with van der Waals surface area (Å²) in [4.78, 5) is 31.9. The van der Waals surface area contributed by atoms with Gasteiger partial charge in [-0.05, 0) is 4.92 Å². The monoisotopic (exact) mass is 252 g/mol. The van der Waals surface area contributed by atoms with E-state index in [1.54, 1.807) is 0 Å². The van der Waals surface area contributed by atoms with Gasteiger partial charge in [0.25, 0.3) is 0 Å². The summed E-state index contributed by atoms with van der Waals surface area (Å²) in [6.07, 6.45) is -5.23. The van der Waals surface area contributed by atoms with Crippen molar-refractivity contribution in [1.82, 2.24) is 4.98 Å². The molecule has 0 aliphatic heterocycles. The molecule has 1 aromatic heterocycles. The minimum Gasteiger partial charge on any atom is -0.397 e. The smallest absolute Gasteiger partial charge is 0.397 e. The van der Waals surface area contributed by atoms with E-state index in [0.717, 1.165) is 0 Å². The number of hydrogen-bond acceptors (Lipinski definition) is 5. The molecule has 17 heavy (non-hydrogen) atoms. The Kier molecular flexibility index (Phi) is 3.16. The van der Waals surface area contributed by atoms with Crippen molar-refractivity contribution in [3.63, 3.8) is 0 Å². The SMILES string of the molecule is O=Cc1cc(OC(F)(F)F)c([N+](=O)[O-])[nH]c1=O. The van der Waals surface area contributed by atoms with Gasteiger partial charge < -0.3 is 14.9 Å². The van der Waals surface area contributed by atoms with Crippen LogP contribution < -0.4 is 10.3 Å². The molecule has 1 aromatic rings. The number of nitro groups is 1. The van der Waals surface area contributed by atoms with Crippen molar-refractivity contribution in [1.29, 1.82) is 0 Å². The first-order chi connectivity index (χ1) is 7.74. The minimum absolute atomic E-state index is 0.0498. The molecule has 0 aliphatic carbocycles. The molecular formula is C7H3F3N2O5. The van der Waals surface area contributed by atoms with Crippen LogP contribution in [-0.4, -0.2) is 22.6 Å². The van der Waals surface area contributed by atoms with Crippen LogP contribution in [0, 0.1) is 10.1 Å². The van der Waals surface area contributed by atoms with Crippen molar-refractivity contribution >= 4 is 12.1 Å². The lowest BCUT2D eigenvalue weighted by molar-refractivity contribution is -0.393. The summed E-state index contributed by atoms with van der Waals surface area (Å²) in [6.45, 7) is 0. The quantitative estimate of drug-likeness (QED) is 0.491. The average Bonchev–Trinajstić information content (AvgIpc) is 2.17. The summed E-state index contributed by atoms with van der Waals surface area (Å²) in [5.74, 6) is -2.54. The zero-order valence-corrected chi connectivity index (χ0v) is 7.78. The van der Waals surface area contributed by atoms with E-state index >= 15 is 0 Å². The van der Waals surface area contributed by atoms with Gasteiger partial charge in [0.05, 0.1) is 0 Å². The molecule has 0 bridgehead atoms. The Bertz CT molecular complexity index is 521. The number of aromatic nitrogens is 1. The van der Waals surface area contributed by atoms with Crippen LogP contribution in [0.2, 0.25) is 0 Å². The van der Waals surface area contributed by atoms with Gasteiger partial charge in [-0.15, -0.1) is 13.2 Å². The first-order valence-electron chi connectivity index (χ1n) is 3.87. The van der Waals surface area contributed by atoms with Crippen molar-refractivity contribution in [2.24, 2.45) is 0 Å². The van der Waals surface area contributed by atoms with Crippen LogP contribution in [0.4, 0.5) is 19.0 Å². The predicted octanol–water partition coefficient (Wildman–Crippen LogP) is 0.994. The fourth-order valence-electron chi connectivity index (χ4n) is 0.942. The molecule has 0 amide bonds. The number of alkyl halides is 3. The average molecular weight is 252 g/mol. The predicted molar refractivity (Wildman–Crippen MR) is 45.8 cm³/mol. The first-order valence-corrected chi connectivity index (χ1v) is 3.87. The summed E-state index contributed by atoms with van der Waals surface area (Å²) >= 11 is 0. The molecule has 0 unspecified atom stereocenters. The maximum Gasteiger partial charge on any atom is 0.573 e. The van der Waals surface area contributed by atoms with Gasteiger partial charge >= 0.3 is 17.7 Å². The van der Waals surface area contributed by atoms with E-state index in [1.807, 2.05) is 0 Å². The van der Waals surface area contributed by atoms with Crippen molar-refractivity contribution in [2.75, 3.05) is 0 Å². The number of hydrogen-bond donors (Lipinski definition) is 1. The fourth-order valence-corrected chi connectivity index (χ4v) is 0.942. The van der Waals surface area contributed by atoms with Crippen LogP contribution >= 0.6 is 0 Å². The van der Waals surface area contributed by atoms with Crippen LogP contribution in [0.15, 0.2) is 10.9 Å². The lowest BCUT2D eigenvalue weighted by atomic mass is 10.3. The summed E-state index contributed by atoms with van der Waals surface area (Å²) < 4.78 is 39.0. The van der Waals surface area contributed by atoms with Crippen molar-refractivity contribution in [2.45, 2.75) is 6.36 Å². The maximum absolute atomic E-state index is 11.9. The normalized spacial score (nSPS) is 11.0. The highest BCUT2D eigenvalue weighted by Crippen LogP contribution is 2.29. The second kappa shape index (κ2) is 4.23. The van der Waals surface area contributed by atoms with Crippen LogP contribution in [0.1, 0.15) is 10.4 Å². The highest BCUT2D eigenvalue weighted by atomic mass is 19.4. The largest absolute Gasteiger partial charge is 0.573 e. The molecule has 0 fully saturated rings. The topological polar surface area (TPSA) is 102 Å². The van der Waals surface area contributed by atoms with Crippen LogP contribution in [-0.2, 0) is 0 Å². The molecule has 1 rings (SSSR count). The van der Waals surface area contributed by atoms with Crippen molar-refractivity contribution < 1.29 is 27.6 Å². The van der Waals surface area contributed by atoms with E-state index in [9.17, 15) is 32.9 Å². The van der Waals surface area contributed by atoms with Crippen LogP contribution in [0.3, 0.4) is 0 Å². The second-order valence-electron chi connectivity index (χ2n) is 2.69. The molecule has 0 saturated heterocycles. The van der Waals surface area contributed by atoms with Gasteiger partial charge in [-0.1, -0.05) is 0 Å². The summed E-state index contributed by atoms with van der Waals surface area (Å²) in [5, 5.41) is 10.4. The number of aromatic amines is 1. The Morgan fingerprint density at radius 2 is 2.06 bits per heavy atom. The van der Waals surface area contributed by atoms with Gasteiger partial charge in [-0.2, -0.15) is 4.98 Å². The molecule has 0 radical (unpaired) electrons. The van der Waals surface area contributed by atoms with Gasteiger partial charge in [-0.25, -0.2) is 4.79 Å². The van der Waals surface area contributed by atoms with Gasteiger partial charge in [0, 0.05) is 6.07 Å². The molecule has 1 heterocycles. The van der Waals surface area contributed by atoms with Crippen LogP contribution in [0.5, 0.6) is 5.75 Å². The highest BCUT2D eigenvalue weighted by molar-refractivity contribution is 5.75. The number of nitrogens with zero attached hydrogens (tertiary/aromatic N) is 1. The van der Waals surface area contributed by atoms with E-state index in [4.69, 9.17) is 0 Å². The maximum atomic E-state index is 11.9. The number of H-pyrrole nitrogens is 1. The zero-order valence-electron chi connectivity index (χ0n) is 7.78. The Balaban J connectivity index is 3.39. The third-order valence-electron chi connectivity index (χ3n) is 1.55. The van der Waals surface area contributed by atoms with Gasteiger partial charge in [0.2, 0.25) is 5.75 Å². The number of ether oxygens (including phenoxy) is 1. The Labute approximate surface area is 90.0 Å². The number of rotatable bonds is 3. The highest BCUT2D eigenvalue weighted by Gasteiger charge is 2.35. The number of pyridine rings is 1. The standard InChI is InChI=1S/C7H3F3N2O5/c8-7(9,10)17-4-1-3(2-13)6(14)11-5(4)12(15)16/h1-2H,(H,11,14). The lowest BCUT2D eigenvalue weighted by Crippen LogP contribution is -2.21. The molecule has 7 nitrogen and oxygen atoms in total. The summed E-state index contributed by atoms with van der Waals surface area (Å²) in [7, 11) is 0. The first kappa shape index (κ1) is 12.7. The van der Waals surface area contributed by atoms with Crippen molar-refractivity contribution in [3.8, 4) is 5.75 Å². The molecule has 0 aromatic carbocycles. The third kappa shape index (κ3) is 3.03. The van der Waals surface area contributed by atoms with E-state index < -0.39 is 34.0 Å². The Morgan fingerprint density at radius 3 is 2.47 bits per heavy atom. The van der Waals surface area contributed by atoms with E-state index in [1.165, 1.54) is 4.98 Å². The summed E-state index contributed by atoms with van der Waals surface area (Å²) in [6, 6.07) is 0.345.